The zero-order chi connectivity index (χ0) is 48.3. The molecule has 66 heavy (non-hydrogen) atoms. The summed E-state index contributed by atoms with van der Waals surface area (Å²) in [5.41, 5.74) is 14.2. The number of rotatable bonds is 26. The minimum atomic E-state index is -1.27. The lowest BCUT2D eigenvalue weighted by Crippen LogP contribution is -2.61. The highest BCUT2D eigenvalue weighted by molar-refractivity contribution is 7.80. The Morgan fingerprint density at radius 1 is 0.667 bits per heavy atom. The number of amides is 7. The summed E-state index contributed by atoms with van der Waals surface area (Å²) in [5, 5.41) is 27.4. The number of thiol groups is 2. The highest BCUT2D eigenvalue weighted by atomic mass is 35.5. The van der Waals surface area contributed by atoms with Gasteiger partial charge in [-0.05, 0) is 84.5 Å². The van der Waals surface area contributed by atoms with Crippen LogP contribution < -0.4 is 43.4 Å². The summed E-state index contributed by atoms with van der Waals surface area (Å²) in [7, 11) is 0. The van der Waals surface area contributed by atoms with Gasteiger partial charge < -0.3 is 53.5 Å². The molecule has 4 aromatic rings. The van der Waals surface area contributed by atoms with Gasteiger partial charge in [0.05, 0.1) is 0 Å². The van der Waals surface area contributed by atoms with Crippen molar-refractivity contribution in [2.45, 2.75) is 95.0 Å². The molecule has 6 atom stereocenters. The third-order valence-corrected chi connectivity index (χ3v) is 11.6. The van der Waals surface area contributed by atoms with E-state index >= 15 is 0 Å². The van der Waals surface area contributed by atoms with Crippen LogP contribution in [-0.4, -0.2) is 106 Å². The van der Waals surface area contributed by atoms with Crippen molar-refractivity contribution in [3.63, 3.8) is 0 Å². The number of H-pyrrole nitrogens is 1. The minimum Gasteiger partial charge on any atom is -0.508 e. The summed E-state index contributed by atoms with van der Waals surface area (Å²) in [6.07, 6.45) is 2.86. The summed E-state index contributed by atoms with van der Waals surface area (Å²) in [6.45, 7) is 3.69. The van der Waals surface area contributed by atoms with Gasteiger partial charge in [0.1, 0.15) is 42.0 Å². The van der Waals surface area contributed by atoms with Crippen LogP contribution in [0.3, 0.4) is 0 Å². The van der Waals surface area contributed by atoms with Crippen molar-refractivity contribution >= 4 is 89.1 Å². The highest BCUT2D eigenvalue weighted by Gasteiger charge is 2.34. The Morgan fingerprint density at radius 2 is 1.21 bits per heavy atom. The zero-order valence-corrected chi connectivity index (χ0v) is 39.4. The molecule has 0 saturated carbocycles. The molecule has 4 rings (SSSR count). The topological polar surface area (TPSA) is 280 Å². The average molecular weight is 967 g/mol. The summed E-state index contributed by atoms with van der Waals surface area (Å²) in [5.74, 6) is -5.23. The van der Waals surface area contributed by atoms with E-state index in [4.69, 9.17) is 23.1 Å². The Kier molecular flexibility index (Phi) is 21.1. The molecule has 7 amide bonds. The SMILES string of the molecule is CC(C)[C@H](NC(=O)[C@H](CCCCN)NC(=O)[C@@H](Cc1c[nH]c2ccccc12)NC(=O)[C@H](Cc1ccc(O)cc1)NC(=O)CCS)C(=O)N[C@@H](CS)C(=O)N[C@H](Cc1ccc(Cl)cc1)C(N)=O. The van der Waals surface area contributed by atoms with E-state index in [-0.39, 0.29) is 49.4 Å². The highest BCUT2D eigenvalue weighted by Crippen LogP contribution is 2.20. The number of aromatic nitrogens is 1. The standard InChI is InChI=1S/C46H60ClN9O8S2/c1-26(2)40(46(64)55-38(25-66)45(63)53-35(41(49)59)21-27-10-14-30(47)15-11-27)56-42(60)34(9-5-6-19-48)52-44(62)37(23-29-24-50-33-8-4-3-7-32(29)33)54-43(61)36(51-39(58)18-20-65)22-28-12-16-31(57)17-13-28/h3-4,7-8,10-17,24,26,34-38,40,50,57,65-66H,5-6,9,18-23,25,48H2,1-2H3,(H2,49,59)(H,51,58)(H,52,62)(H,53,63)(H,54,61)(H,55,64)(H,56,60)/t34-,35+,36-,37+,38-,40-/m0/s1. The van der Waals surface area contributed by atoms with E-state index in [9.17, 15) is 38.7 Å². The van der Waals surface area contributed by atoms with Crippen LogP contribution in [-0.2, 0) is 52.8 Å². The van der Waals surface area contributed by atoms with E-state index < -0.39 is 83.5 Å². The van der Waals surface area contributed by atoms with Crippen molar-refractivity contribution in [1.29, 1.82) is 0 Å². The summed E-state index contributed by atoms with van der Waals surface area (Å²) in [4.78, 5) is 98.4. The quantitative estimate of drug-likeness (QED) is 0.0324. The first-order valence-corrected chi connectivity index (χ1v) is 23.3. The molecule has 0 aliphatic heterocycles. The zero-order valence-electron chi connectivity index (χ0n) is 36.9. The Bertz CT molecular complexity index is 2280. The van der Waals surface area contributed by atoms with E-state index in [1.54, 1.807) is 56.4 Å². The number of phenolic OH excluding ortho intramolecular Hbond substituents is 1. The van der Waals surface area contributed by atoms with Crippen LogP contribution in [0.15, 0.2) is 79.0 Å². The number of para-hydroxylation sites is 1. The normalized spacial score (nSPS) is 13.9. The molecule has 0 fully saturated rings. The van der Waals surface area contributed by atoms with Crippen LogP contribution >= 0.6 is 36.9 Å². The number of phenols is 1. The molecule has 1 aromatic heterocycles. The van der Waals surface area contributed by atoms with E-state index in [1.807, 2.05) is 24.3 Å². The number of benzene rings is 3. The molecule has 356 valence electrons. The molecular weight excluding hydrogens is 906 g/mol. The van der Waals surface area contributed by atoms with E-state index in [1.165, 1.54) is 12.1 Å². The Labute approximate surface area is 399 Å². The molecule has 0 radical (unpaired) electrons. The van der Waals surface area contributed by atoms with Crippen molar-refractivity contribution in [1.82, 2.24) is 36.9 Å². The number of aromatic amines is 1. The molecule has 0 saturated heterocycles. The molecule has 0 bridgehead atoms. The lowest BCUT2D eigenvalue weighted by Gasteiger charge is -2.28. The fraction of sp³-hybridized carbons (Fsp3) is 0.413. The molecule has 0 aliphatic rings. The van der Waals surface area contributed by atoms with Gasteiger partial charge in [-0.1, -0.05) is 67.9 Å². The third-order valence-electron chi connectivity index (χ3n) is 10.8. The van der Waals surface area contributed by atoms with Crippen LogP contribution in [0.25, 0.3) is 10.9 Å². The second-order valence-electron chi connectivity index (χ2n) is 16.2. The van der Waals surface area contributed by atoms with E-state index in [0.29, 0.717) is 41.1 Å². The van der Waals surface area contributed by atoms with Crippen molar-refractivity contribution in [2.75, 3.05) is 18.1 Å². The van der Waals surface area contributed by atoms with Gasteiger partial charge in [0, 0.05) is 53.6 Å². The van der Waals surface area contributed by atoms with E-state index in [0.717, 1.165) is 10.9 Å². The number of aromatic hydroxyl groups is 1. The van der Waals surface area contributed by atoms with Gasteiger partial charge in [-0.3, -0.25) is 33.6 Å². The summed E-state index contributed by atoms with van der Waals surface area (Å²) >= 11 is 14.4. The summed E-state index contributed by atoms with van der Waals surface area (Å²) in [6, 6.07) is 13.0. The van der Waals surface area contributed by atoms with Gasteiger partial charge in [-0.2, -0.15) is 25.3 Å². The molecule has 0 aliphatic carbocycles. The largest absolute Gasteiger partial charge is 0.508 e. The second kappa shape index (κ2) is 26.4. The van der Waals surface area contributed by atoms with Crippen molar-refractivity contribution in [3.05, 3.63) is 101 Å². The Balaban J connectivity index is 1.56. The van der Waals surface area contributed by atoms with Crippen LogP contribution in [0.1, 0.15) is 56.2 Å². The number of hydrogen-bond acceptors (Lipinski definition) is 11. The molecule has 1 heterocycles. The maximum Gasteiger partial charge on any atom is 0.244 e. The summed E-state index contributed by atoms with van der Waals surface area (Å²) < 4.78 is 0. The third kappa shape index (κ3) is 16.3. The van der Waals surface area contributed by atoms with Gasteiger partial charge in [-0.25, -0.2) is 0 Å². The van der Waals surface area contributed by atoms with E-state index in [2.05, 4.69) is 62.1 Å². The van der Waals surface area contributed by atoms with Crippen molar-refractivity contribution < 1.29 is 38.7 Å². The Hall–Kier alpha value is -5.76. The first-order chi connectivity index (χ1) is 31.5. The number of unbranched alkanes of at least 4 members (excludes halogenated alkanes) is 1. The first kappa shape index (κ1) is 52.9. The maximum atomic E-state index is 14.5. The smallest absolute Gasteiger partial charge is 0.244 e. The van der Waals surface area contributed by atoms with Crippen molar-refractivity contribution in [3.8, 4) is 5.75 Å². The number of halogens is 1. The molecular formula is C46H60ClN9O8S2. The minimum absolute atomic E-state index is 0.0181. The van der Waals surface area contributed by atoms with Gasteiger partial charge in [0.15, 0.2) is 0 Å². The van der Waals surface area contributed by atoms with Gasteiger partial charge >= 0.3 is 0 Å². The van der Waals surface area contributed by atoms with Crippen molar-refractivity contribution in [2.24, 2.45) is 17.4 Å². The second-order valence-corrected chi connectivity index (χ2v) is 17.5. The lowest BCUT2D eigenvalue weighted by molar-refractivity contribution is -0.135. The predicted octanol–water partition coefficient (Wildman–Crippen LogP) is 1.98. The number of nitrogens with two attached hydrogens (primary N) is 2. The fourth-order valence-corrected chi connectivity index (χ4v) is 7.66. The molecule has 0 spiro atoms. The number of hydrogen-bond donors (Lipinski definition) is 12. The number of fused-ring (bicyclic) bond motifs is 1. The van der Waals surface area contributed by atoms with Crippen LogP contribution in [0.5, 0.6) is 5.75 Å². The molecule has 0 unspecified atom stereocenters. The number of nitrogens with one attached hydrogen (secondary N) is 7. The monoisotopic (exact) mass is 965 g/mol. The maximum absolute atomic E-state index is 14.5. The number of carbonyl (C=O) groups is 7. The van der Waals surface area contributed by atoms with Gasteiger partial charge in [0.25, 0.3) is 0 Å². The first-order valence-electron chi connectivity index (χ1n) is 21.6. The number of carbonyl (C=O) groups excluding carboxylic acids is 7. The average Bonchev–Trinajstić information content (AvgIpc) is 3.69. The lowest BCUT2D eigenvalue weighted by atomic mass is 10.00. The van der Waals surface area contributed by atoms with Gasteiger partial charge in [0.2, 0.25) is 41.4 Å². The van der Waals surface area contributed by atoms with Crippen LogP contribution in [0.4, 0.5) is 0 Å². The predicted molar refractivity (Wildman–Crippen MR) is 260 cm³/mol. The van der Waals surface area contributed by atoms with Gasteiger partial charge in [-0.15, -0.1) is 0 Å². The molecule has 3 aromatic carbocycles. The molecule has 20 heteroatoms. The van der Waals surface area contributed by atoms with Crippen LogP contribution in [0.2, 0.25) is 5.02 Å². The fourth-order valence-electron chi connectivity index (χ4n) is 7.08. The number of primary amides is 1. The molecule has 17 nitrogen and oxygen atoms in total. The molecule has 12 N–H and O–H groups in total. The Morgan fingerprint density at radius 3 is 1.82 bits per heavy atom. The van der Waals surface area contributed by atoms with Crippen LogP contribution in [0, 0.1) is 5.92 Å².